The van der Waals surface area contributed by atoms with E-state index in [1.807, 2.05) is 6.92 Å². The van der Waals surface area contributed by atoms with Crippen LogP contribution in [0.3, 0.4) is 0 Å². The Morgan fingerprint density at radius 2 is 1.73 bits per heavy atom. The van der Waals surface area contributed by atoms with Crippen molar-refractivity contribution in [3.05, 3.63) is 81.3 Å². The van der Waals surface area contributed by atoms with Gasteiger partial charge in [-0.2, -0.15) is 0 Å². The van der Waals surface area contributed by atoms with Gasteiger partial charge < -0.3 is 4.74 Å². The first-order valence-electron chi connectivity index (χ1n) is 9.19. The Hall–Kier alpha value is -3.03. The second-order valence-electron chi connectivity index (χ2n) is 6.34. The average molecular weight is 443 g/mol. The summed E-state index contributed by atoms with van der Waals surface area (Å²) >= 11 is 7.18. The van der Waals surface area contributed by atoms with Crippen LogP contribution in [0, 0.1) is 0 Å². The largest absolute Gasteiger partial charge is 0.456 e. The fourth-order valence-corrected chi connectivity index (χ4v) is 3.86. The van der Waals surface area contributed by atoms with Crippen LogP contribution in [0.5, 0.6) is 0 Å². The fourth-order valence-electron chi connectivity index (χ4n) is 2.81. The van der Waals surface area contributed by atoms with E-state index in [-0.39, 0.29) is 29.4 Å². The number of ketones is 1. The van der Waals surface area contributed by atoms with E-state index in [2.05, 4.69) is 4.98 Å². The first kappa shape index (κ1) is 21.7. The van der Waals surface area contributed by atoms with Crippen molar-refractivity contribution in [3.63, 3.8) is 0 Å². The Morgan fingerprint density at radius 1 is 1.07 bits per heavy atom. The highest BCUT2D eigenvalue weighted by Gasteiger charge is 2.20. The SMILES string of the molecule is CCN(C(C)=O)c1nc(COC(=O)c2ccccc2C(=O)c2ccc(Cl)cc2)cs1. The van der Waals surface area contributed by atoms with Crippen LogP contribution >= 0.6 is 22.9 Å². The fraction of sp³-hybridized carbons (Fsp3) is 0.182. The van der Waals surface area contributed by atoms with Gasteiger partial charge in [-0.1, -0.05) is 29.8 Å². The van der Waals surface area contributed by atoms with Gasteiger partial charge in [0.1, 0.15) is 6.61 Å². The molecule has 0 spiro atoms. The van der Waals surface area contributed by atoms with Gasteiger partial charge in [-0.25, -0.2) is 9.78 Å². The molecule has 2 aromatic carbocycles. The van der Waals surface area contributed by atoms with Gasteiger partial charge >= 0.3 is 5.97 Å². The van der Waals surface area contributed by atoms with Crippen molar-refractivity contribution in [3.8, 4) is 0 Å². The molecule has 0 aliphatic carbocycles. The maximum absolute atomic E-state index is 12.8. The van der Waals surface area contributed by atoms with Crippen LogP contribution < -0.4 is 4.90 Å². The minimum absolute atomic E-state index is 0.0612. The Morgan fingerprint density at radius 3 is 2.37 bits per heavy atom. The molecule has 6 nitrogen and oxygen atoms in total. The summed E-state index contributed by atoms with van der Waals surface area (Å²) in [7, 11) is 0. The molecule has 0 bridgehead atoms. The number of rotatable bonds is 7. The van der Waals surface area contributed by atoms with Crippen molar-refractivity contribution < 1.29 is 19.1 Å². The number of ether oxygens (including phenoxy) is 1. The van der Waals surface area contributed by atoms with Crippen molar-refractivity contribution >= 4 is 45.7 Å². The summed E-state index contributed by atoms with van der Waals surface area (Å²) in [5.74, 6) is -1.03. The number of amides is 1. The number of benzene rings is 2. The first-order chi connectivity index (χ1) is 14.4. The molecule has 1 heterocycles. The maximum atomic E-state index is 12.8. The molecular weight excluding hydrogens is 424 g/mol. The van der Waals surface area contributed by atoms with Gasteiger partial charge in [0.2, 0.25) is 5.91 Å². The molecule has 0 saturated heterocycles. The molecular formula is C22H19ClN2O4S. The van der Waals surface area contributed by atoms with Gasteiger partial charge in [-0.15, -0.1) is 11.3 Å². The van der Waals surface area contributed by atoms with Crippen LogP contribution in [-0.4, -0.2) is 29.2 Å². The quantitative estimate of drug-likeness (QED) is 0.389. The standard InChI is InChI=1S/C22H19ClN2O4S/c1-3-25(14(2)26)22-24-17(13-30-22)12-29-21(28)19-7-5-4-6-18(19)20(27)15-8-10-16(23)11-9-15/h4-11,13H,3,12H2,1-2H3. The van der Waals surface area contributed by atoms with Gasteiger partial charge in [-0.05, 0) is 37.3 Å². The predicted octanol–water partition coefficient (Wildman–Crippen LogP) is 4.76. The molecule has 0 N–H and O–H groups in total. The van der Waals surface area contributed by atoms with Crippen LogP contribution in [0.25, 0.3) is 0 Å². The van der Waals surface area contributed by atoms with Crippen LogP contribution in [-0.2, 0) is 16.1 Å². The summed E-state index contributed by atoms with van der Waals surface area (Å²) in [4.78, 5) is 43.0. The molecule has 0 saturated carbocycles. The average Bonchev–Trinajstić information content (AvgIpc) is 3.21. The minimum atomic E-state index is -0.624. The van der Waals surface area contributed by atoms with Crippen molar-refractivity contribution in [1.82, 2.24) is 4.98 Å². The first-order valence-corrected chi connectivity index (χ1v) is 10.5. The number of hydrogen-bond donors (Lipinski definition) is 0. The van der Waals surface area contributed by atoms with Crippen molar-refractivity contribution in [2.45, 2.75) is 20.5 Å². The van der Waals surface area contributed by atoms with Gasteiger partial charge in [-0.3, -0.25) is 14.5 Å². The number of nitrogens with zero attached hydrogens (tertiary/aromatic N) is 2. The number of hydrogen-bond acceptors (Lipinski definition) is 6. The highest BCUT2D eigenvalue weighted by Crippen LogP contribution is 2.22. The van der Waals surface area contributed by atoms with E-state index in [9.17, 15) is 14.4 Å². The molecule has 30 heavy (non-hydrogen) atoms. The molecule has 0 aliphatic heterocycles. The molecule has 1 aromatic heterocycles. The topological polar surface area (TPSA) is 76.6 Å². The summed E-state index contributed by atoms with van der Waals surface area (Å²) < 4.78 is 5.38. The minimum Gasteiger partial charge on any atom is -0.456 e. The van der Waals surface area contributed by atoms with Crippen molar-refractivity contribution in [2.24, 2.45) is 0 Å². The van der Waals surface area contributed by atoms with Crippen molar-refractivity contribution in [1.29, 1.82) is 0 Å². The van der Waals surface area contributed by atoms with E-state index >= 15 is 0 Å². The Bertz CT molecular complexity index is 1080. The number of aromatic nitrogens is 1. The Balaban J connectivity index is 1.74. The lowest BCUT2D eigenvalue weighted by molar-refractivity contribution is -0.116. The third-order valence-corrected chi connectivity index (χ3v) is 5.48. The van der Waals surface area contributed by atoms with Crippen LogP contribution in [0.1, 0.15) is 45.8 Å². The monoisotopic (exact) mass is 442 g/mol. The van der Waals surface area contributed by atoms with Gasteiger partial charge in [0, 0.05) is 35.0 Å². The molecule has 3 aromatic rings. The summed E-state index contributed by atoms with van der Waals surface area (Å²) in [5, 5.41) is 2.81. The number of carbonyl (C=O) groups is 3. The molecule has 0 unspecified atom stereocenters. The lowest BCUT2D eigenvalue weighted by atomic mass is 9.98. The van der Waals surface area contributed by atoms with Crippen molar-refractivity contribution in [2.75, 3.05) is 11.4 Å². The molecule has 0 aliphatic rings. The number of anilines is 1. The summed E-state index contributed by atoms with van der Waals surface area (Å²) in [6.45, 7) is 3.77. The molecule has 0 atom stereocenters. The Labute approximate surface area is 183 Å². The van der Waals surface area contributed by atoms with E-state index in [1.165, 1.54) is 23.2 Å². The summed E-state index contributed by atoms with van der Waals surface area (Å²) in [5.41, 5.74) is 1.38. The lowest BCUT2D eigenvalue weighted by Crippen LogP contribution is -2.27. The van der Waals surface area contributed by atoms with Gasteiger partial charge in [0.25, 0.3) is 0 Å². The van der Waals surface area contributed by atoms with E-state index in [0.717, 1.165) is 0 Å². The van der Waals surface area contributed by atoms with Crippen LogP contribution in [0.4, 0.5) is 5.13 Å². The normalized spacial score (nSPS) is 10.5. The zero-order valence-electron chi connectivity index (χ0n) is 16.4. The molecule has 8 heteroatoms. The Kier molecular flexibility index (Phi) is 6.97. The number of carbonyl (C=O) groups excluding carboxylic acids is 3. The van der Waals surface area contributed by atoms with Crippen LogP contribution in [0.2, 0.25) is 5.02 Å². The number of esters is 1. The highest BCUT2D eigenvalue weighted by molar-refractivity contribution is 7.14. The zero-order valence-corrected chi connectivity index (χ0v) is 18.0. The zero-order chi connectivity index (χ0) is 21.7. The van der Waals surface area contributed by atoms with E-state index < -0.39 is 5.97 Å². The van der Waals surface area contributed by atoms with E-state index in [4.69, 9.17) is 16.3 Å². The van der Waals surface area contributed by atoms with Crippen LogP contribution in [0.15, 0.2) is 53.9 Å². The number of halogens is 1. The molecule has 1 amide bonds. The van der Waals surface area contributed by atoms with E-state index in [1.54, 1.807) is 53.9 Å². The lowest BCUT2D eigenvalue weighted by Gasteiger charge is -2.14. The smallest absolute Gasteiger partial charge is 0.339 e. The summed E-state index contributed by atoms with van der Waals surface area (Å²) in [6.07, 6.45) is 0. The van der Waals surface area contributed by atoms with Gasteiger partial charge in [0.15, 0.2) is 10.9 Å². The molecule has 0 fully saturated rings. The third kappa shape index (κ3) is 4.93. The highest BCUT2D eigenvalue weighted by atomic mass is 35.5. The summed E-state index contributed by atoms with van der Waals surface area (Å²) in [6, 6.07) is 12.9. The number of thiazole rings is 1. The third-order valence-electron chi connectivity index (χ3n) is 4.32. The molecule has 154 valence electrons. The second kappa shape index (κ2) is 9.65. The van der Waals surface area contributed by atoms with Gasteiger partial charge in [0.05, 0.1) is 11.3 Å². The molecule has 3 rings (SSSR count). The van der Waals surface area contributed by atoms with E-state index in [0.29, 0.717) is 28.0 Å². The molecule has 0 radical (unpaired) electrons. The predicted molar refractivity (Wildman–Crippen MR) is 116 cm³/mol. The maximum Gasteiger partial charge on any atom is 0.339 e. The second-order valence-corrected chi connectivity index (χ2v) is 7.62.